The average Bonchev–Trinajstić information content (AvgIpc) is 2.70. The molecule has 3 aromatic rings. The highest BCUT2D eigenvalue weighted by Gasteiger charge is 2.17. The summed E-state index contributed by atoms with van der Waals surface area (Å²) in [4.78, 5) is 0. The van der Waals surface area contributed by atoms with E-state index in [1.54, 1.807) is 0 Å². The van der Waals surface area contributed by atoms with Gasteiger partial charge in [0.1, 0.15) is 30.5 Å². The van der Waals surface area contributed by atoms with E-state index in [1.807, 2.05) is 42.5 Å². The quantitative estimate of drug-likeness (QED) is 0.418. The Hall–Kier alpha value is -2.50. The van der Waals surface area contributed by atoms with Crippen LogP contribution in [0, 0.1) is 0 Å². The molecular weight excluding hydrogens is 344 g/mol. The summed E-state index contributed by atoms with van der Waals surface area (Å²) in [5.41, 5.74) is 0. The highest BCUT2D eigenvalue weighted by atomic mass is 16.5. The van der Waals surface area contributed by atoms with Crippen LogP contribution in [-0.2, 0) is 0 Å². The Morgan fingerprint density at radius 2 is 1.30 bits per heavy atom. The first-order valence-electron chi connectivity index (χ1n) is 9.38. The van der Waals surface area contributed by atoms with Gasteiger partial charge >= 0.3 is 0 Å². The molecule has 0 saturated heterocycles. The van der Waals surface area contributed by atoms with Gasteiger partial charge in [0, 0.05) is 21.5 Å². The Kier molecular flexibility index (Phi) is 6.74. The second kappa shape index (κ2) is 9.44. The minimum atomic E-state index is -0.0642. The summed E-state index contributed by atoms with van der Waals surface area (Å²) in [5, 5.41) is 22.0. The number of hydrogen-bond acceptors (Lipinski definition) is 5. The average molecular weight is 370 g/mol. The van der Waals surface area contributed by atoms with Crippen molar-refractivity contribution in [3.63, 3.8) is 0 Å². The molecule has 0 aliphatic rings. The van der Waals surface area contributed by atoms with Crippen molar-refractivity contribution < 1.29 is 24.4 Å². The molecule has 0 aliphatic heterocycles. The van der Waals surface area contributed by atoms with Crippen molar-refractivity contribution in [3.8, 4) is 17.2 Å². The summed E-state index contributed by atoms with van der Waals surface area (Å²) in [6, 6.07) is 13.7. The molecule has 0 aliphatic carbocycles. The molecule has 0 atom stereocenters. The summed E-state index contributed by atoms with van der Waals surface area (Å²) in [6.45, 7) is 3.08. The van der Waals surface area contributed by atoms with Crippen molar-refractivity contribution in [2.75, 3.05) is 33.0 Å². The highest BCUT2D eigenvalue weighted by molar-refractivity contribution is 6.11. The van der Waals surface area contributed by atoms with E-state index < -0.39 is 0 Å². The summed E-state index contributed by atoms with van der Waals surface area (Å²) in [6.07, 6.45) is 2.07. The van der Waals surface area contributed by atoms with Crippen LogP contribution >= 0.6 is 0 Å². The molecule has 0 heterocycles. The van der Waals surface area contributed by atoms with Crippen LogP contribution in [0.2, 0.25) is 0 Å². The molecule has 0 unspecified atom stereocenters. The van der Waals surface area contributed by atoms with Crippen molar-refractivity contribution in [1.82, 2.24) is 0 Å². The van der Waals surface area contributed by atoms with Gasteiger partial charge in [0.25, 0.3) is 0 Å². The van der Waals surface area contributed by atoms with Gasteiger partial charge < -0.3 is 24.4 Å². The smallest absolute Gasteiger partial charge is 0.135 e. The Bertz CT molecular complexity index is 891. The minimum Gasteiger partial charge on any atom is -0.494 e. The van der Waals surface area contributed by atoms with Crippen molar-refractivity contribution in [2.45, 2.75) is 19.8 Å². The molecular formula is C22H26O5. The van der Waals surface area contributed by atoms with Gasteiger partial charge in [-0.2, -0.15) is 0 Å². The number of ether oxygens (including phenoxy) is 3. The van der Waals surface area contributed by atoms with Gasteiger partial charge in [-0.15, -0.1) is 0 Å². The number of unbranched alkanes of at least 4 members (excludes halogenated alkanes) is 1. The van der Waals surface area contributed by atoms with E-state index in [9.17, 15) is 10.2 Å². The van der Waals surface area contributed by atoms with Crippen LogP contribution in [-0.4, -0.2) is 43.2 Å². The maximum absolute atomic E-state index is 9.24. The van der Waals surface area contributed by atoms with Crippen LogP contribution in [0.1, 0.15) is 19.8 Å². The molecule has 3 rings (SSSR count). The van der Waals surface area contributed by atoms with E-state index in [1.165, 1.54) is 0 Å². The Morgan fingerprint density at radius 1 is 0.704 bits per heavy atom. The standard InChI is InChI=1S/C22H26O5/c1-2-3-12-25-16-8-9-19-20(15-16)22(27-14-11-24)18-7-5-4-6-17(18)21(19)26-13-10-23/h4-9,15,23-24H,2-3,10-14H2,1H3. The monoisotopic (exact) mass is 370 g/mol. The van der Waals surface area contributed by atoms with Gasteiger partial charge in [-0.25, -0.2) is 0 Å². The zero-order valence-electron chi connectivity index (χ0n) is 15.6. The van der Waals surface area contributed by atoms with Crippen LogP contribution < -0.4 is 14.2 Å². The summed E-state index contributed by atoms with van der Waals surface area (Å²) >= 11 is 0. The topological polar surface area (TPSA) is 68.2 Å². The lowest BCUT2D eigenvalue weighted by molar-refractivity contribution is 0.202. The zero-order chi connectivity index (χ0) is 19.1. The molecule has 0 aromatic heterocycles. The van der Waals surface area contributed by atoms with Gasteiger partial charge in [0.15, 0.2) is 0 Å². The fourth-order valence-corrected chi connectivity index (χ4v) is 3.11. The third-order valence-corrected chi connectivity index (χ3v) is 4.34. The predicted molar refractivity (Wildman–Crippen MR) is 107 cm³/mol. The molecule has 27 heavy (non-hydrogen) atoms. The van der Waals surface area contributed by atoms with E-state index in [0.29, 0.717) is 18.1 Å². The van der Waals surface area contributed by atoms with Gasteiger partial charge in [0.2, 0.25) is 0 Å². The van der Waals surface area contributed by atoms with Crippen molar-refractivity contribution in [1.29, 1.82) is 0 Å². The number of hydrogen-bond donors (Lipinski definition) is 2. The maximum atomic E-state index is 9.24. The molecule has 0 radical (unpaired) electrons. The number of aliphatic hydroxyl groups is 2. The number of benzene rings is 3. The molecule has 5 heteroatoms. The number of aliphatic hydroxyl groups excluding tert-OH is 2. The first-order valence-corrected chi connectivity index (χ1v) is 9.38. The van der Waals surface area contributed by atoms with Crippen LogP contribution in [0.3, 0.4) is 0 Å². The van der Waals surface area contributed by atoms with E-state index in [-0.39, 0.29) is 26.4 Å². The third-order valence-electron chi connectivity index (χ3n) is 4.34. The molecule has 0 bridgehead atoms. The lowest BCUT2D eigenvalue weighted by Gasteiger charge is -2.18. The maximum Gasteiger partial charge on any atom is 0.135 e. The summed E-state index contributed by atoms with van der Waals surface area (Å²) < 4.78 is 17.7. The van der Waals surface area contributed by atoms with Crippen molar-refractivity contribution in [3.05, 3.63) is 42.5 Å². The zero-order valence-corrected chi connectivity index (χ0v) is 15.6. The molecule has 144 valence electrons. The Balaban J connectivity index is 2.19. The molecule has 0 saturated carbocycles. The second-order valence-corrected chi connectivity index (χ2v) is 6.26. The highest BCUT2D eigenvalue weighted by Crippen LogP contribution is 2.43. The van der Waals surface area contributed by atoms with E-state index in [4.69, 9.17) is 14.2 Å². The molecule has 2 N–H and O–H groups in total. The minimum absolute atomic E-state index is 0.0587. The fourth-order valence-electron chi connectivity index (χ4n) is 3.11. The van der Waals surface area contributed by atoms with Gasteiger partial charge in [-0.1, -0.05) is 37.6 Å². The second-order valence-electron chi connectivity index (χ2n) is 6.26. The fraction of sp³-hybridized carbons (Fsp3) is 0.364. The first-order chi connectivity index (χ1) is 13.3. The van der Waals surface area contributed by atoms with Crippen LogP contribution in [0.25, 0.3) is 21.5 Å². The largest absolute Gasteiger partial charge is 0.494 e. The van der Waals surface area contributed by atoms with Gasteiger partial charge in [0.05, 0.1) is 19.8 Å². The molecule has 3 aromatic carbocycles. The van der Waals surface area contributed by atoms with E-state index in [0.717, 1.165) is 40.1 Å². The molecule has 5 nitrogen and oxygen atoms in total. The van der Waals surface area contributed by atoms with Crippen molar-refractivity contribution >= 4 is 21.5 Å². The first kappa shape index (κ1) is 19.3. The lowest BCUT2D eigenvalue weighted by atomic mass is 10.00. The van der Waals surface area contributed by atoms with Crippen LogP contribution in [0.5, 0.6) is 17.2 Å². The van der Waals surface area contributed by atoms with E-state index >= 15 is 0 Å². The number of fused-ring (bicyclic) bond motifs is 2. The Morgan fingerprint density at radius 3 is 1.89 bits per heavy atom. The van der Waals surface area contributed by atoms with Crippen molar-refractivity contribution in [2.24, 2.45) is 0 Å². The number of rotatable bonds is 10. The van der Waals surface area contributed by atoms with Gasteiger partial charge in [-0.05, 0) is 24.6 Å². The summed E-state index contributed by atoms with van der Waals surface area (Å²) in [7, 11) is 0. The lowest BCUT2D eigenvalue weighted by Crippen LogP contribution is -2.06. The molecule has 0 amide bonds. The molecule has 0 spiro atoms. The van der Waals surface area contributed by atoms with Crippen LogP contribution in [0.15, 0.2) is 42.5 Å². The Labute approximate surface area is 159 Å². The SMILES string of the molecule is CCCCOc1ccc2c(OCCO)c3ccccc3c(OCCO)c2c1. The van der Waals surface area contributed by atoms with E-state index in [2.05, 4.69) is 6.92 Å². The van der Waals surface area contributed by atoms with Crippen LogP contribution in [0.4, 0.5) is 0 Å². The summed E-state index contributed by atoms with van der Waals surface area (Å²) in [5.74, 6) is 2.19. The molecule has 0 fully saturated rings. The normalized spacial score (nSPS) is 11.1. The predicted octanol–water partition coefficient (Wildman–Crippen LogP) is 3.91. The van der Waals surface area contributed by atoms with Gasteiger partial charge in [-0.3, -0.25) is 0 Å². The third kappa shape index (κ3) is 4.26.